The van der Waals surface area contributed by atoms with E-state index in [1.54, 1.807) is 19.2 Å². The van der Waals surface area contributed by atoms with Crippen molar-refractivity contribution in [1.82, 2.24) is 14.5 Å². The number of piperidine rings is 1. The van der Waals surface area contributed by atoms with Crippen molar-refractivity contribution in [2.24, 2.45) is 0 Å². The second-order valence-electron chi connectivity index (χ2n) is 11.0. The van der Waals surface area contributed by atoms with Crippen LogP contribution in [0.25, 0.3) is 6.08 Å². The van der Waals surface area contributed by atoms with Crippen molar-refractivity contribution in [3.8, 4) is 11.5 Å². The predicted octanol–water partition coefficient (Wildman–Crippen LogP) is 5.84. The highest BCUT2D eigenvalue weighted by molar-refractivity contribution is 6.30. The number of fused-ring (bicyclic) bond motifs is 1. The van der Waals surface area contributed by atoms with E-state index >= 15 is 0 Å². The van der Waals surface area contributed by atoms with Crippen LogP contribution in [0.1, 0.15) is 61.7 Å². The Morgan fingerprint density at radius 2 is 1.90 bits per heavy atom. The molecule has 2 aromatic carbocycles. The van der Waals surface area contributed by atoms with E-state index in [1.807, 2.05) is 43.3 Å². The van der Waals surface area contributed by atoms with Crippen LogP contribution in [0.15, 0.2) is 54.2 Å². The average Bonchev–Trinajstić information content (AvgIpc) is 3.46. The van der Waals surface area contributed by atoms with Crippen LogP contribution in [0.2, 0.25) is 5.02 Å². The van der Waals surface area contributed by atoms with Crippen LogP contribution in [-0.4, -0.2) is 51.3 Å². The quantitative estimate of drug-likeness (QED) is 0.345. The number of halogens is 1. The lowest BCUT2D eigenvalue weighted by Crippen LogP contribution is -2.35. The van der Waals surface area contributed by atoms with Crippen molar-refractivity contribution in [2.75, 3.05) is 19.7 Å². The molecule has 3 aliphatic rings. The highest BCUT2D eigenvalue weighted by Crippen LogP contribution is 2.49. The summed E-state index contributed by atoms with van der Waals surface area (Å²) in [5, 5.41) is 10.0. The Hall–Kier alpha value is -3.33. The van der Waals surface area contributed by atoms with Crippen molar-refractivity contribution >= 4 is 23.6 Å². The van der Waals surface area contributed by atoms with Crippen LogP contribution in [0.4, 0.5) is 0 Å². The molecule has 3 aliphatic heterocycles. The molecular formula is C31H34ClN3O5. The number of ether oxygens (including phenoxy) is 3. The lowest BCUT2D eigenvalue weighted by atomic mass is 9.88. The van der Waals surface area contributed by atoms with Gasteiger partial charge >= 0.3 is 5.97 Å². The summed E-state index contributed by atoms with van der Waals surface area (Å²) in [6, 6.07) is 13.8. The molecular weight excluding hydrogens is 530 g/mol. The van der Waals surface area contributed by atoms with Gasteiger partial charge in [0.25, 0.3) is 5.79 Å². The van der Waals surface area contributed by atoms with Crippen molar-refractivity contribution in [1.29, 1.82) is 0 Å². The molecule has 9 heteroatoms. The van der Waals surface area contributed by atoms with E-state index in [4.69, 9.17) is 30.8 Å². The highest BCUT2D eigenvalue weighted by atomic mass is 35.5. The molecule has 2 atom stereocenters. The summed E-state index contributed by atoms with van der Waals surface area (Å²) >= 11 is 6.09. The smallest absolute Gasteiger partial charge is 0.331 e. The van der Waals surface area contributed by atoms with E-state index in [0.717, 1.165) is 67.5 Å². The zero-order valence-electron chi connectivity index (χ0n) is 22.8. The zero-order chi connectivity index (χ0) is 27.9. The fourth-order valence-electron chi connectivity index (χ4n) is 5.74. The second kappa shape index (κ2) is 10.9. The van der Waals surface area contributed by atoms with Crippen LogP contribution >= 0.6 is 11.6 Å². The van der Waals surface area contributed by atoms with Crippen LogP contribution in [-0.2, 0) is 28.4 Å². The first kappa shape index (κ1) is 26.9. The molecule has 2 saturated heterocycles. The number of imidazole rings is 1. The molecule has 3 aromatic rings. The Morgan fingerprint density at radius 1 is 1.15 bits per heavy atom. The number of carboxylic acid groups (broad SMARTS) is 1. The topological polar surface area (TPSA) is 86.0 Å². The SMILES string of the molecule is C/C(=C\c1cnc(CN2CCC(c3cccc4c3O[C@@](C)(c3ccc(Cl)cc3)O4)CC2)n1C[C@@H]1CCO1)C(=O)O. The summed E-state index contributed by atoms with van der Waals surface area (Å²) in [4.78, 5) is 18.5. The van der Waals surface area contributed by atoms with Crippen LogP contribution in [0, 0.1) is 0 Å². The molecule has 8 nitrogen and oxygen atoms in total. The lowest BCUT2D eigenvalue weighted by Gasteiger charge is -2.33. The van der Waals surface area contributed by atoms with Gasteiger partial charge in [-0.2, -0.15) is 0 Å². The summed E-state index contributed by atoms with van der Waals surface area (Å²) in [6.45, 7) is 7.58. The van der Waals surface area contributed by atoms with Crippen molar-refractivity contribution in [3.63, 3.8) is 0 Å². The molecule has 0 radical (unpaired) electrons. The van der Waals surface area contributed by atoms with E-state index in [0.29, 0.717) is 24.0 Å². The van der Waals surface area contributed by atoms with Gasteiger partial charge in [-0.1, -0.05) is 23.7 Å². The maximum Gasteiger partial charge on any atom is 0.331 e. The minimum absolute atomic E-state index is 0.150. The summed E-state index contributed by atoms with van der Waals surface area (Å²) in [5.41, 5.74) is 3.21. The van der Waals surface area contributed by atoms with Gasteiger partial charge in [0.05, 0.1) is 31.1 Å². The maximum absolute atomic E-state index is 11.4. The molecule has 0 unspecified atom stereocenters. The number of likely N-dealkylation sites (tertiary alicyclic amines) is 1. The molecule has 4 heterocycles. The normalized spacial score (nSPS) is 23.3. The fourth-order valence-corrected chi connectivity index (χ4v) is 5.86. The fraction of sp³-hybridized carbons (Fsp3) is 0.419. The van der Waals surface area contributed by atoms with Crippen LogP contribution < -0.4 is 9.47 Å². The van der Waals surface area contributed by atoms with E-state index in [-0.39, 0.29) is 11.7 Å². The number of rotatable bonds is 8. The minimum atomic E-state index is -0.925. The molecule has 0 bridgehead atoms. The maximum atomic E-state index is 11.4. The number of aromatic nitrogens is 2. The summed E-state index contributed by atoms with van der Waals surface area (Å²) < 4.78 is 20.6. The molecule has 2 fully saturated rings. The summed E-state index contributed by atoms with van der Waals surface area (Å²) in [7, 11) is 0. The molecule has 0 amide bonds. The highest BCUT2D eigenvalue weighted by Gasteiger charge is 2.41. The third kappa shape index (κ3) is 5.36. The minimum Gasteiger partial charge on any atom is -0.478 e. The van der Waals surface area contributed by atoms with Gasteiger partial charge in [-0.3, -0.25) is 4.90 Å². The Kier molecular flexibility index (Phi) is 7.33. The van der Waals surface area contributed by atoms with Crippen molar-refractivity contribution in [3.05, 3.63) is 81.9 Å². The number of carbonyl (C=O) groups is 1. The van der Waals surface area contributed by atoms with Gasteiger partial charge in [-0.15, -0.1) is 0 Å². The van der Waals surface area contributed by atoms with Gasteiger partial charge in [-0.25, -0.2) is 9.78 Å². The largest absolute Gasteiger partial charge is 0.478 e. The summed E-state index contributed by atoms with van der Waals surface area (Å²) in [6.07, 6.45) is 6.62. The van der Waals surface area contributed by atoms with Crippen molar-refractivity contribution in [2.45, 2.75) is 64.0 Å². The van der Waals surface area contributed by atoms with Gasteiger partial charge in [0.1, 0.15) is 5.82 Å². The van der Waals surface area contributed by atoms with Gasteiger partial charge in [0.15, 0.2) is 11.5 Å². The molecule has 0 aliphatic carbocycles. The molecule has 40 heavy (non-hydrogen) atoms. The number of hydrogen-bond donors (Lipinski definition) is 1. The Morgan fingerprint density at radius 3 is 2.58 bits per heavy atom. The molecule has 6 rings (SSSR count). The number of hydrogen-bond acceptors (Lipinski definition) is 6. The Labute approximate surface area is 239 Å². The van der Waals surface area contributed by atoms with Crippen LogP contribution in [0.3, 0.4) is 0 Å². The van der Waals surface area contributed by atoms with Crippen molar-refractivity contribution < 1.29 is 24.1 Å². The second-order valence-corrected chi connectivity index (χ2v) is 11.4. The third-order valence-corrected chi connectivity index (χ3v) is 8.47. The van der Waals surface area contributed by atoms with Crippen LogP contribution in [0.5, 0.6) is 11.5 Å². The molecule has 0 saturated carbocycles. The number of benzene rings is 2. The average molecular weight is 564 g/mol. The first-order valence-corrected chi connectivity index (χ1v) is 14.2. The Bertz CT molecular complexity index is 1420. The van der Waals surface area contributed by atoms with E-state index in [1.165, 1.54) is 5.56 Å². The van der Waals surface area contributed by atoms with E-state index < -0.39 is 11.8 Å². The van der Waals surface area contributed by atoms with Gasteiger partial charge in [0.2, 0.25) is 0 Å². The molecule has 0 spiro atoms. The first-order chi connectivity index (χ1) is 19.3. The van der Waals surface area contributed by atoms with Gasteiger partial charge < -0.3 is 23.9 Å². The van der Waals surface area contributed by atoms with Gasteiger partial charge in [0, 0.05) is 35.3 Å². The van der Waals surface area contributed by atoms with Gasteiger partial charge in [-0.05, 0) is 81.6 Å². The van der Waals surface area contributed by atoms with E-state index in [2.05, 4.69) is 15.5 Å². The third-order valence-electron chi connectivity index (χ3n) is 8.22. The monoisotopic (exact) mass is 563 g/mol. The van der Waals surface area contributed by atoms with E-state index in [9.17, 15) is 9.90 Å². The first-order valence-electron chi connectivity index (χ1n) is 13.9. The number of nitrogens with zero attached hydrogens (tertiary/aromatic N) is 3. The standard InChI is InChI=1S/C31H34ClN3O5/c1-20(30(36)37)16-24-17-33-28(35(24)18-25-12-15-38-25)19-34-13-10-21(11-14-34)26-4-3-5-27-29(26)40-31(2,39-27)22-6-8-23(32)9-7-22/h3-9,16-17,21,25H,10-15,18-19H2,1-2H3,(H,36,37)/b20-16+/t25-,31-/m0/s1. The zero-order valence-corrected chi connectivity index (χ0v) is 23.6. The number of para-hydroxylation sites is 1. The Balaban J connectivity index is 1.14. The number of carboxylic acids is 1. The summed E-state index contributed by atoms with van der Waals surface area (Å²) in [5.74, 6) is 1.09. The molecule has 1 aromatic heterocycles. The predicted molar refractivity (Wildman–Crippen MR) is 152 cm³/mol. The lowest BCUT2D eigenvalue weighted by molar-refractivity contribution is -0.132. The number of aliphatic carboxylic acids is 1. The molecule has 1 N–H and O–H groups in total. The molecule has 210 valence electrons.